The van der Waals surface area contributed by atoms with Gasteiger partial charge in [0, 0.05) is 23.7 Å². The van der Waals surface area contributed by atoms with Crippen LogP contribution < -0.4 is 0 Å². The molecule has 2 aromatic carbocycles. The molecular formula is C28H28F2N2O2. The molecule has 0 spiro atoms. The van der Waals surface area contributed by atoms with Gasteiger partial charge in [-0.2, -0.15) is 0 Å². The Morgan fingerprint density at radius 3 is 2.68 bits per heavy atom. The summed E-state index contributed by atoms with van der Waals surface area (Å²) in [7, 11) is 0. The molecule has 1 aromatic heterocycles. The largest absolute Gasteiger partial charge is 0.462 e. The molecule has 0 radical (unpaired) electrons. The van der Waals surface area contributed by atoms with Crippen LogP contribution in [0.25, 0.3) is 10.9 Å². The third-order valence-electron chi connectivity index (χ3n) is 7.46. The number of fused-ring (bicyclic) bond motifs is 2. The van der Waals surface area contributed by atoms with Crippen molar-refractivity contribution in [3.05, 3.63) is 70.9 Å². The maximum atomic E-state index is 14.7. The van der Waals surface area contributed by atoms with E-state index in [2.05, 4.69) is 16.9 Å². The van der Waals surface area contributed by atoms with Gasteiger partial charge in [-0.05, 0) is 97.9 Å². The number of nitrogens with zero attached hydrogens (tertiary/aromatic N) is 2. The van der Waals surface area contributed by atoms with Crippen molar-refractivity contribution in [1.82, 2.24) is 4.98 Å². The molecule has 4 nitrogen and oxygen atoms in total. The highest BCUT2D eigenvalue weighted by atomic mass is 19.1. The van der Waals surface area contributed by atoms with Crippen LogP contribution in [0, 0.1) is 23.5 Å². The number of benzene rings is 2. The van der Waals surface area contributed by atoms with E-state index >= 15 is 0 Å². The predicted molar refractivity (Wildman–Crippen MR) is 129 cm³/mol. The second-order valence-corrected chi connectivity index (χ2v) is 9.43. The fourth-order valence-corrected chi connectivity index (χ4v) is 5.59. The number of esters is 1. The van der Waals surface area contributed by atoms with Crippen molar-refractivity contribution in [2.45, 2.75) is 51.9 Å². The van der Waals surface area contributed by atoms with E-state index in [9.17, 15) is 13.6 Å². The third kappa shape index (κ3) is 4.22. The molecule has 2 heterocycles. The van der Waals surface area contributed by atoms with E-state index in [1.165, 1.54) is 17.7 Å². The fraction of sp³-hybridized carbons (Fsp3) is 0.393. The summed E-state index contributed by atoms with van der Waals surface area (Å²) in [6.45, 7) is 4.16. The Hall–Kier alpha value is -3.15. The van der Waals surface area contributed by atoms with Crippen LogP contribution >= 0.6 is 0 Å². The minimum absolute atomic E-state index is 0.227. The number of rotatable bonds is 5. The highest BCUT2D eigenvalue weighted by Gasteiger charge is 2.32. The molecule has 2 aliphatic rings. The van der Waals surface area contributed by atoms with Crippen molar-refractivity contribution >= 4 is 28.3 Å². The Kier molecular flexibility index (Phi) is 6.15. The molecule has 3 aromatic rings. The van der Waals surface area contributed by atoms with Crippen LogP contribution in [-0.2, 0) is 11.2 Å². The summed E-state index contributed by atoms with van der Waals surface area (Å²) < 4.78 is 33.6. The summed E-state index contributed by atoms with van der Waals surface area (Å²) in [5, 5.41) is 0.905. The van der Waals surface area contributed by atoms with Crippen molar-refractivity contribution in [3.8, 4) is 0 Å². The minimum atomic E-state index is -0.507. The number of carbonyl (C=O) groups is 1. The Bertz CT molecular complexity index is 1280. The van der Waals surface area contributed by atoms with Gasteiger partial charge in [-0.25, -0.2) is 13.6 Å². The summed E-state index contributed by atoms with van der Waals surface area (Å²) in [5.41, 5.74) is 4.34. The molecule has 0 saturated heterocycles. The molecule has 34 heavy (non-hydrogen) atoms. The SMILES string of the molecule is CCOC(=O)c1cc(F)c2c(c1)CC([C@H](C)C1CCC(c3ccnc4ccc(F)cc34)CC1)=N2. The average Bonchev–Trinajstić information content (AvgIpc) is 3.28. The quantitative estimate of drug-likeness (QED) is 0.386. The molecule has 176 valence electrons. The molecule has 6 heteroatoms. The van der Waals surface area contributed by atoms with Crippen molar-refractivity contribution in [3.63, 3.8) is 0 Å². The van der Waals surface area contributed by atoms with E-state index in [4.69, 9.17) is 4.74 Å². The molecule has 1 fully saturated rings. The third-order valence-corrected chi connectivity index (χ3v) is 7.46. The van der Waals surface area contributed by atoms with Gasteiger partial charge >= 0.3 is 5.97 Å². The molecule has 1 saturated carbocycles. The highest BCUT2D eigenvalue weighted by Crippen LogP contribution is 2.43. The molecule has 1 aliphatic carbocycles. The number of hydrogen-bond donors (Lipinski definition) is 0. The molecule has 0 bridgehead atoms. The first-order valence-electron chi connectivity index (χ1n) is 12.1. The maximum Gasteiger partial charge on any atom is 0.338 e. The first-order valence-corrected chi connectivity index (χ1v) is 12.1. The standard InChI is InChI=1S/C28H28F2N2O2/c1-3-34-28(33)20-12-19-14-26(32-27(19)24(30)13-20)16(2)17-4-6-18(7-5-17)22-10-11-31-25-9-8-21(29)15-23(22)25/h8-13,15-18H,3-7,14H2,1-2H3/t16-,17?,18?/m1/s1. The number of pyridine rings is 1. The van der Waals surface area contributed by atoms with E-state index < -0.39 is 11.8 Å². The van der Waals surface area contributed by atoms with Gasteiger partial charge in [0.1, 0.15) is 17.3 Å². The van der Waals surface area contributed by atoms with Gasteiger partial charge < -0.3 is 4.74 Å². The van der Waals surface area contributed by atoms with Gasteiger partial charge in [0.2, 0.25) is 0 Å². The van der Waals surface area contributed by atoms with Crippen LogP contribution in [0.5, 0.6) is 0 Å². The van der Waals surface area contributed by atoms with Gasteiger partial charge in [-0.15, -0.1) is 0 Å². The predicted octanol–water partition coefficient (Wildman–Crippen LogP) is 6.93. The molecule has 1 aliphatic heterocycles. The number of halogens is 2. The Morgan fingerprint density at radius 1 is 1.12 bits per heavy atom. The Morgan fingerprint density at radius 2 is 1.91 bits per heavy atom. The van der Waals surface area contributed by atoms with E-state index in [0.29, 0.717) is 23.9 Å². The van der Waals surface area contributed by atoms with Gasteiger partial charge in [0.25, 0.3) is 0 Å². The number of hydrogen-bond acceptors (Lipinski definition) is 4. The normalized spacial score (nSPS) is 20.6. The summed E-state index contributed by atoms with van der Waals surface area (Å²) in [6.07, 6.45) is 6.50. The first-order chi connectivity index (χ1) is 16.4. The second-order valence-electron chi connectivity index (χ2n) is 9.43. The van der Waals surface area contributed by atoms with Gasteiger partial charge in [0.15, 0.2) is 0 Å². The summed E-state index contributed by atoms with van der Waals surface area (Å²) in [6, 6.07) is 9.75. The van der Waals surface area contributed by atoms with Crippen molar-refractivity contribution in [1.29, 1.82) is 0 Å². The van der Waals surface area contributed by atoms with Crippen LogP contribution in [0.3, 0.4) is 0 Å². The van der Waals surface area contributed by atoms with Crippen LogP contribution in [-0.4, -0.2) is 23.3 Å². The average molecular weight is 463 g/mol. The lowest BCUT2D eigenvalue weighted by atomic mass is 9.72. The highest BCUT2D eigenvalue weighted by molar-refractivity contribution is 5.98. The van der Waals surface area contributed by atoms with Crippen LogP contribution in [0.4, 0.5) is 14.5 Å². The monoisotopic (exact) mass is 462 g/mol. The first kappa shape index (κ1) is 22.6. The number of aliphatic imine (C=N–C) groups is 1. The smallest absolute Gasteiger partial charge is 0.338 e. The molecule has 5 rings (SSSR count). The topological polar surface area (TPSA) is 51.5 Å². The zero-order valence-corrected chi connectivity index (χ0v) is 19.5. The van der Waals surface area contributed by atoms with Crippen molar-refractivity contribution < 1.29 is 18.3 Å². The van der Waals surface area contributed by atoms with E-state index in [1.54, 1.807) is 25.1 Å². The van der Waals surface area contributed by atoms with E-state index in [0.717, 1.165) is 47.9 Å². The lowest BCUT2D eigenvalue weighted by Crippen LogP contribution is -2.25. The second kappa shape index (κ2) is 9.24. The van der Waals surface area contributed by atoms with Crippen LogP contribution in [0.15, 0.2) is 47.6 Å². The lowest BCUT2D eigenvalue weighted by molar-refractivity contribution is 0.0525. The zero-order valence-electron chi connectivity index (χ0n) is 19.5. The summed E-state index contributed by atoms with van der Waals surface area (Å²) in [4.78, 5) is 21.1. The van der Waals surface area contributed by atoms with E-state index in [-0.39, 0.29) is 23.9 Å². The van der Waals surface area contributed by atoms with Crippen molar-refractivity contribution in [2.24, 2.45) is 16.8 Å². The molecular weight excluding hydrogens is 434 g/mol. The van der Waals surface area contributed by atoms with Crippen LogP contribution in [0.2, 0.25) is 0 Å². The van der Waals surface area contributed by atoms with Crippen molar-refractivity contribution in [2.75, 3.05) is 6.61 Å². The molecule has 1 atom stereocenters. The number of ether oxygens (including phenoxy) is 1. The number of carbonyl (C=O) groups excluding carboxylic acids is 1. The van der Waals surface area contributed by atoms with E-state index in [1.807, 2.05) is 12.3 Å². The molecule has 0 amide bonds. The van der Waals surface area contributed by atoms with Gasteiger partial charge in [0.05, 0.1) is 17.7 Å². The number of aromatic nitrogens is 1. The zero-order chi connectivity index (χ0) is 23.8. The Labute approximate surface area is 198 Å². The lowest BCUT2D eigenvalue weighted by Gasteiger charge is -2.33. The van der Waals surface area contributed by atoms with Crippen LogP contribution in [0.1, 0.15) is 66.9 Å². The summed E-state index contributed by atoms with van der Waals surface area (Å²) in [5.74, 6) is -0.146. The maximum absolute atomic E-state index is 14.7. The Balaban J connectivity index is 1.28. The molecule has 0 N–H and O–H groups in total. The minimum Gasteiger partial charge on any atom is -0.462 e. The summed E-state index contributed by atoms with van der Waals surface area (Å²) >= 11 is 0. The van der Waals surface area contributed by atoms with Gasteiger partial charge in [-0.3, -0.25) is 9.98 Å². The molecule has 0 unspecified atom stereocenters. The fourth-order valence-electron chi connectivity index (χ4n) is 5.59. The van der Waals surface area contributed by atoms with Gasteiger partial charge in [-0.1, -0.05) is 6.92 Å².